The van der Waals surface area contributed by atoms with Gasteiger partial charge in [-0.1, -0.05) is 23.2 Å². The summed E-state index contributed by atoms with van der Waals surface area (Å²) in [6.45, 7) is 4.31. The van der Waals surface area contributed by atoms with Crippen LogP contribution in [-0.4, -0.2) is 12.4 Å². The SMILES string of the molecule is CCOc1ccc(C)cc1C(=O)c1cc(N)cc(Cl)c1. The Bertz CT molecular complexity index is 633. The molecule has 0 aliphatic heterocycles. The van der Waals surface area contributed by atoms with Gasteiger partial charge in [0.25, 0.3) is 0 Å². The second-order valence-electron chi connectivity index (χ2n) is 4.53. The first kappa shape index (κ1) is 14.4. The van der Waals surface area contributed by atoms with Gasteiger partial charge in [-0.3, -0.25) is 4.79 Å². The molecule has 0 bridgehead atoms. The van der Waals surface area contributed by atoms with E-state index in [9.17, 15) is 4.79 Å². The van der Waals surface area contributed by atoms with Crippen LogP contribution < -0.4 is 10.5 Å². The molecule has 0 amide bonds. The summed E-state index contributed by atoms with van der Waals surface area (Å²) in [6, 6.07) is 10.4. The van der Waals surface area contributed by atoms with Gasteiger partial charge in [0.1, 0.15) is 5.75 Å². The molecule has 0 unspecified atom stereocenters. The molecular weight excluding hydrogens is 274 g/mol. The van der Waals surface area contributed by atoms with E-state index in [0.717, 1.165) is 5.56 Å². The highest BCUT2D eigenvalue weighted by atomic mass is 35.5. The average molecular weight is 290 g/mol. The van der Waals surface area contributed by atoms with Crippen LogP contribution in [0.1, 0.15) is 28.4 Å². The number of benzene rings is 2. The van der Waals surface area contributed by atoms with Crippen molar-refractivity contribution in [2.24, 2.45) is 0 Å². The zero-order valence-electron chi connectivity index (χ0n) is 11.4. The maximum atomic E-state index is 12.6. The summed E-state index contributed by atoms with van der Waals surface area (Å²) in [7, 11) is 0. The Hall–Kier alpha value is -2.00. The number of anilines is 1. The molecule has 0 aliphatic carbocycles. The normalized spacial score (nSPS) is 10.3. The molecule has 3 nitrogen and oxygen atoms in total. The van der Waals surface area contributed by atoms with Crippen LogP contribution in [0.25, 0.3) is 0 Å². The van der Waals surface area contributed by atoms with Gasteiger partial charge in [0.05, 0.1) is 12.2 Å². The van der Waals surface area contributed by atoms with Crippen molar-refractivity contribution in [1.29, 1.82) is 0 Å². The summed E-state index contributed by atoms with van der Waals surface area (Å²) >= 11 is 5.95. The standard InChI is InChI=1S/C16H16ClNO2/c1-3-20-15-5-4-10(2)6-14(15)16(19)11-7-12(17)9-13(18)8-11/h4-9H,3,18H2,1-2H3. The predicted molar refractivity (Wildman–Crippen MR) is 81.6 cm³/mol. The maximum Gasteiger partial charge on any atom is 0.196 e. The molecular formula is C16H16ClNO2. The van der Waals surface area contributed by atoms with E-state index in [0.29, 0.717) is 34.2 Å². The third-order valence-corrected chi connectivity index (χ3v) is 3.08. The molecule has 2 rings (SSSR count). The Balaban J connectivity index is 2.49. The minimum atomic E-state index is -0.147. The van der Waals surface area contributed by atoms with E-state index < -0.39 is 0 Å². The number of carbonyl (C=O) groups excluding carboxylic acids is 1. The van der Waals surface area contributed by atoms with Gasteiger partial charge in [-0.15, -0.1) is 0 Å². The van der Waals surface area contributed by atoms with Crippen LogP contribution >= 0.6 is 11.6 Å². The van der Waals surface area contributed by atoms with Crippen molar-refractivity contribution in [3.05, 3.63) is 58.1 Å². The van der Waals surface area contributed by atoms with Gasteiger partial charge >= 0.3 is 0 Å². The number of nitrogen functional groups attached to an aromatic ring is 1. The first-order valence-electron chi connectivity index (χ1n) is 6.35. The highest BCUT2D eigenvalue weighted by molar-refractivity contribution is 6.31. The van der Waals surface area contributed by atoms with Gasteiger partial charge in [-0.25, -0.2) is 0 Å². The molecule has 0 spiro atoms. The maximum absolute atomic E-state index is 12.6. The van der Waals surface area contributed by atoms with Crippen molar-refractivity contribution in [2.75, 3.05) is 12.3 Å². The van der Waals surface area contributed by atoms with Crippen LogP contribution in [0.4, 0.5) is 5.69 Å². The van der Waals surface area contributed by atoms with Crippen LogP contribution in [0.5, 0.6) is 5.75 Å². The van der Waals surface area contributed by atoms with Crippen molar-refractivity contribution in [3.63, 3.8) is 0 Å². The number of hydrogen-bond acceptors (Lipinski definition) is 3. The number of halogens is 1. The Morgan fingerprint density at radius 2 is 2.00 bits per heavy atom. The molecule has 2 aromatic rings. The smallest absolute Gasteiger partial charge is 0.196 e. The lowest BCUT2D eigenvalue weighted by Crippen LogP contribution is -2.06. The lowest BCUT2D eigenvalue weighted by atomic mass is 10.00. The number of ether oxygens (including phenoxy) is 1. The van der Waals surface area contributed by atoms with Crippen LogP contribution in [0.3, 0.4) is 0 Å². The van der Waals surface area contributed by atoms with Gasteiger partial charge in [0, 0.05) is 16.3 Å². The van der Waals surface area contributed by atoms with E-state index in [-0.39, 0.29) is 5.78 Å². The highest BCUT2D eigenvalue weighted by Crippen LogP contribution is 2.25. The zero-order chi connectivity index (χ0) is 14.7. The molecule has 0 fully saturated rings. The Kier molecular flexibility index (Phi) is 4.30. The average Bonchev–Trinajstić information content (AvgIpc) is 2.39. The van der Waals surface area contributed by atoms with E-state index >= 15 is 0 Å². The van der Waals surface area contributed by atoms with Crippen LogP contribution in [0, 0.1) is 6.92 Å². The predicted octanol–water partition coefficient (Wildman–Crippen LogP) is 3.86. The molecule has 0 heterocycles. The highest BCUT2D eigenvalue weighted by Gasteiger charge is 2.16. The molecule has 0 saturated heterocycles. The number of carbonyl (C=O) groups is 1. The van der Waals surface area contributed by atoms with E-state index in [2.05, 4.69) is 0 Å². The molecule has 0 radical (unpaired) electrons. The van der Waals surface area contributed by atoms with Crippen molar-refractivity contribution in [1.82, 2.24) is 0 Å². The Labute approximate surface area is 123 Å². The number of aryl methyl sites for hydroxylation is 1. The van der Waals surface area contributed by atoms with Gasteiger partial charge < -0.3 is 10.5 Å². The lowest BCUT2D eigenvalue weighted by Gasteiger charge is -2.11. The lowest BCUT2D eigenvalue weighted by molar-refractivity contribution is 0.103. The van der Waals surface area contributed by atoms with Gasteiger partial charge in [0.2, 0.25) is 0 Å². The van der Waals surface area contributed by atoms with E-state index in [1.54, 1.807) is 24.3 Å². The fraction of sp³-hybridized carbons (Fsp3) is 0.188. The number of nitrogens with two attached hydrogens (primary N) is 1. The van der Waals surface area contributed by atoms with Gasteiger partial charge in [-0.05, 0) is 44.2 Å². The molecule has 0 saturated carbocycles. The molecule has 2 aromatic carbocycles. The monoisotopic (exact) mass is 289 g/mol. The van der Waals surface area contributed by atoms with E-state index in [1.807, 2.05) is 26.0 Å². The topological polar surface area (TPSA) is 52.3 Å². The number of ketones is 1. The second-order valence-corrected chi connectivity index (χ2v) is 4.97. The van der Waals surface area contributed by atoms with Crippen LogP contribution in [0.15, 0.2) is 36.4 Å². The van der Waals surface area contributed by atoms with Gasteiger partial charge in [-0.2, -0.15) is 0 Å². The quantitative estimate of drug-likeness (QED) is 0.687. The first-order valence-corrected chi connectivity index (χ1v) is 6.73. The molecule has 0 aromatic heterocycles. The second kappa shape index (κ2) is 5.97. The molecule has 2 N–H and O–H groups in total. The largest absolute Gasteiger partial charge is 0.493 e. The van der Waals surface area contributed by atoms with Crippen molar-refractivity contribution >= 4 is 23.1 Å². The van der Waals surface area contributed by atoms with Crippen molar-refractivity contribution in [2.45, 2.75) is 13.8 Å². The molecule has 0 atom stereocenters. The third kappa shape index (κ3) is 3.11. The summed E-state index contributed by atoms with van der Waals surface area (Å²) < 4.78 is 5.51. The molecule has 4 heteroatoms. The Morgan fingerprint density at radius 3 is 2.65 bits per heavy atom. The van der Waals surface area contributed by atoms with Crippen LogP contribution in [-0.2, 0) is 0 Å². The van der Waals surface area contributed by atoms with E-state index in [4.69, 9.17) is 22.1 Å². The summed E-state index contributed by atoms with van der Waals surface area (Å²) in [5.74, 6) is 0.424. The third-order valence-electron chi connectivity index (χ3n) is 2.86. The summed E-state index contributed by atoms with van der Waals surface area (Å²) in [4.78, 5) is 12.6. The van der Waals surface area contributed by atoms with Crippen molar-refractivity contribution < 1.29 is 9.53 Å². The summed E-state index contributed by atoms with van der Waals surface area (Å²) in [5, 5.41) is 0.443. The Morgan fingerprint density at radius 1 is 1.25 bits per heavy atom. The zero-order valence-corrected chi connectivity index (χ0v) is 12.2. The minimum absolute atomic E-state index is 0.147. The number of hydrogen-bond donors (Lipinski definition) is 1. The summed E-state index contributed by atoms with van der Waals surface area (Å²) in [5.41, 5.74) is 8.17. The molecule has 104 valence electrons. The molecule has 20 heavy (non-hydrogen) atoms. The molecule has 0 aliphatic rings. The number of rotatable bonds is 4. The van der Waals surface area contributed by atoms with Gasteiger partial charge in [0.15, 0.2) is 5.78 Å². The summed E-state index contributed by atoms with van der Waals surface area (Å²) in [6.07, 6.45) is 0. The fourth-order valence-corrected chi connectivity index (χ4v) is 2.25. The fourth-order valence-electron chi connectivity index (χ4n) is 2.00. The van der Waals surface area contributed by atoms with Crippen molar-refractivity contribution in [3.8, 4) is 5.75 Å². The van der Waals surface area contributed by atoms with Crippen LogP contribution in [0.2, 0.25) is 5.02 Å². The first-order chi connectivity index (χ1) is 9.51. The van der Waals surface area contributed by atoms with E-state index in [1.165, 1.54) is 0 Å². The minimum Gasteiger partial charge on any atom is -0.493 e.